The van der Waals surface area contributed by atoms with Crippen LogP contribution in [-0.4, -0.2) is 5.11 Å². The van der Waals surface area contributed by atoms with Crippen molar-refractivity contribution in [3.8, 4) is 17.6 Å². The number of hydrogen-bond donors (Lipinski definition) is 1. The van der Waals surface area contributed by atoms with E-state index < -0.39 is 0 Å². The standard InChI is InChI=1S/C12H14O/c1-3-4-5-6-11-7-8-12(13)10(2)9-11/h7-9,13H,5-6H2,1-2H3. The predicted octanol–water partition coefficient (Wildman–Crippen LogP) is 2.66. The molecule has 13 heavy (non-hydrogen) atoms. The molecule has 0 spiro atoms. The molecule has 1 rings (SSSR count). The molecule has 0 heterocycles. The van der Waals surface area contributed by atoms with Gasteiger partial charge in [-0.3, -0.25) is 0 Å². The summed E-state index contributed by atoms with van der Waals surface area (Å²) in [6, 6.07) is 5.69. The Morgan fingerprint density at radius 3 is 2.77 bits per heavy atom. The van der Waals surface area contributed by atoms with E-state index in [0.29, 0.717) is 5.75 Å². The van der Waals surface area contributed by atoms with E-state index in [1.54, 1.807) is 6.07 Å². The Morgan fingerprint density at radius 2 is 2.15 bits per heavy atom. The van der Waals surface area contributed by atoms with Gasteiger partial charge in [0, 0.05) is 6.42 Å². The fourth-order valence-electron chi connectivity index (χ4n) is 1.20. The highest BCUT2D eigenvalue weighted by Gasteiger charge is 1.96. The van der Waals surface area contributed by atoms with Crippen LogP contribution in [0.1, 0.15) is 24.5 Å². The number of phenols is 1. The highest BCUT2D eigenvalue weighted by molar-refractivity contribution is 5.35. The molecule has 1 N–H and O–H groups in total. The molecule has 0 amide bonds. The molecule has 0 fully saturated rings. The fourth-order valence-corrected chi connectivity index (χ4v) is 1.20. The Bertz CT molecular complexity index is 342. The molecule has 0 bridgehead atoms. The molecule has 0 aliphatic rings. The molecule has 68 valence electrons. The smallest absolute Gasteiger partial charge is 0.118 e. The summed E-state index contributed by atoms with van der Waals surface area (Å²) in [6.07, 6.45) is 1.85. The molecule has 0 aliphatic carbocycles. The lowest BCUT2D eigenvalue weighted by molar-refractivity contribution is 0.471. The maximum absolute atomic E-state index is 9.29. The number of aryl methyl sites for hydroxylation is 2. The van der Waals surface area contributed by atoms with Gasteiger partial charge in [0.15, 0.2) is 0 Å². The van der Waals surface area contributed by atoms with Gasteiger partial charge in [-0.05, 0) is 37.5 Å². The van der Waals surface area contributed by atoms with E-state index in [9.17, 15) is 5.11 Å². The van der Waals surface area contributed by atoms with Crippen LogP contribution >= 0.6 is 0 Å². The zero-order chi connectivity index (χ0) is 9.68. The summed E-state index contributed by atoms with van der Waals surface area (Å²) in [7, 11) is 0. The summed E-state index contributed by atoms with van der Waals surface area (Å²) in [5.41, 5.74) is 2.17. The van der Waals surface area contributed by atoms with Gasteiger partial charge in [0.2, 0.25) is 0 Å². The third kappa shape index (κ3) is 2.83. The van der Waals surface area contributed by atoms with Gasteiger partial charge < -0.3 is 5.11 Å². The third-order valence-electron chi connectivity index (χ3n) is 1.98. The second-order valence-electron chi connectivity index (χ2n) is 3.05. The van der Waals surface area contributed by atoms with Crippen LogP contribution in [0.4, 0.5) is 0 Å². The molecule has 1 aromatic carbocycles. The highest BCUT2D eigenvalue weighted by atomic mass is 16.3. The van der Waals surface area contributed by atoms with Gasteiger partial charge >= 0.3 is 0 Å². The first kappa shape index (κ1) is 9.67. The van der Waals surface area contributed by atoms with Crippen LogP contribution in [0.2, 0.25) is 0 Å². The van der Waals surface area contributed by atoms with E-state index in [2.05, 4.69) is 11.8 Å². The Balaban J connectivity index is 2.66. The van der Waals surface area contributed by atoms with Crippen LogP contribution in [0.3, 0.4) is 0 Å². The Labute approximate surface area is 79.4 Å². The van der Waals surface area contributed by atoms with E-state index in [1.165, 1.54) is 5.56 Å². The van der Waals surface area contributed by atoms with Crippen LogP contribution in [0.25, 0.3) is 0 Å². The van der Waals surface area contributed by atoms with Crippen LogP contribution < -0.4 is 0 Å². The molecule has 1 nitrogen and oxygen atoms in total. The molecule has 0 aromatic heterocycles. The lowest BCUT2D eigenvalue weighted by Crippen LogP contribution is -1.85. The second-order valence-corrected chi connectivity index (χ2v) is 3.05. The number of phenolic OH excluding ortho intramolecular Hbond substituents is 1. The molecule has 0 saturated heterocycles. The Kier molecular flexibility index (Phi) is 3.40. The first-order chi connectivity index (χ1) is 6.24. The van der Waals surface area contributed by atoms with Gasteiger partial charge in [-0.15, -0.1) is 11.8 Å². The second kappa shape index (κ2) is 4.57. The first-order valence-electron chi connectivity index (χ1n) is 4.42. The third-order valence-corrected chi connectivity index (χ3v) is 1.98. The van der Waals surface area contributed by atoms with Crippen molar-refractivity contribution in [2.24, 2.45) is 0 Å². The number of rotatable bonds is 2. The van der Waals surface area contributed by atoms with Gasteiger partial charge in [-0.2, -0.15) is 0 Å². The van der Waals surface area contributed by atoms with E-state index in [1.807, 2.05) is 26.0 Å². The van der Waals surface area contributed by atoms with Gasteiger partial charge in [-0.1, -0.05) is 12.1 Å². The van der Waals surface area contributed by atoms with E-state index in [4.69, 9.17) is 0 Å². The number of aromatic hydroxyl groups is 1. The molecule has 0 aliphatic heterocycles. The minimum atomic E-state index is 0.366. The van der Waals surface area contributed by atoms with E-state index in [0.717, 1.165) is 18.4 Å². The molecule has 0 atom stereocenters. The van der Waals surface area contributed by atoms with Gasteiger partial charge in [0.05, 0.1) is 0 Å². The summed E-state index contributed by atoms with van der Waals surface area (Å²) >= 11 is 0. The van der Waals surface area contributed by atoms with Crippen LogP contribution in [-0.2, 0) is 6.42 Å². The van der Waals surface area contributed by atoms with Crippen molar-refractivity contribution in [3.63, 3.8) is 0 Å². The minimum Gasteiger partial charge on any atom is -0.508 e. The summed E-state index contributed by atoms with van der Waals surface area (Å²) in [6.45, 7) is 3.76. The summed E-state index contributed by atoms with van der Waals surface area (Å²) in [4.78, 5) is 0. The summed E-state index contributed by atoms with van der Waals surface area (Å²) in [5, 5.41) is 9.29. The predicted molar refractivity (Wildman–Crippen MR) is 54.6 cm³/mol. The SMILES string of the molecule is CC#CCCc1ccc(O)c(C)c1. The van der Waals surface area contributed by atoms with Gasteiger partial charge in [0.1, 0.15) is 5.75 Å². The van der Waals surface area contributed by atoms with Crippen LogP contribution in [0.15, 0.2) is 18.2 Å². The van der Waals surface area contributed by atoms with Crippen LogP contribution in [0, 0.1) is 18.8 Å². The van der Waals surface area contributed by atoms with Crippen molar-refractivity contribution < 1.29 is 5.11 Å². The quantitative estimate of drug-likeness (QED) is 0.683. The Hall–Kier alpha value is -1.42. The van der Waals surface area contributed by atoms with Crippen molar-refractivity contribution in [2.45, 2.75) is 26.7 Å². The normalized spacial score (nSPS) is 9.08. The molecule has 0 saturated carbocycles. The zero-order valence-electron chi connectivity index (χ0n) is 8.09. The highest BCUT2D eigenvalue weighted by Crippen LogP contribution is 2.17. The van der Waals surface area contributed by atoms with Crippen molar-refractivity contribution in [1.29, 1.82) is 0 Å². The molecule has 0 radical (unpaired) electrons. The number of hydrogen-bond acceptors (Lipinski definition) is 1. The maximum atomic E-state index is 9.29. The number of benzene rings is 1. The van der Waals surface area contributed by atoms with Crippen molar-refractivity contribution in [2.75, 3.05) is 0 Å². The van der Waals surface area contributed by atoms with Gasteiger partial charge in [0.25, 0.3) is 0 Å². The topological polar surface area (TPSA) is 20.2 Å². The average Bonchev–Trinajstić information content (AvgIpc) is 2.12. The fraction of sp³-hybridized carbons (Fsp3) is 0.333. The summed E-state index contributed by atoms with van der Waals surface area (Å²) < 4.78 is 0. The molecule has 1 aromatic rings. The molecular formula is C12H14O. The van der Waals surface area contributed by atoms with E-state index in [-0.39, 0.29) is 0 Å². The van der Waals surface area contributed by atoms with Gasteiger partial charge in [-0.25, -0.2) is 0 Å². The van der Waals surface area contributed by atoms with E-state index >= 15 is 0 Å². The molecule has 0 unspecified atom stereocenters. The summed E-state index contributed by atoms with van der Waals surface area (Å²) in [5.74, 6) is 6.25. The van der Waals surface area contributed by atoms with Crippen molar-refractivity contribution in [1.82, 2.24) is 0 Å². The first-order valence-corrected chi connectivity index (χ1v) is 4.42. The van der Waals surface area contributed by atoms with Crippen LogP contribution in [0.5, 0.6) is 5.75 Å². The van der Waals surface area contributed by atoms with Crippen molar-refractivity contribution in [3.05, 3.63) is 29.3 Å². The van der Waals surface area contributed by atoms with Crippen molar-refractivity contribution >= 4 is 0 Å². The Morgan fingerprint density at radius 1 is 1.38 bits per heavy atom. The largest absolute Gasteiger partial charge is 0.508 e. The lowest BCUT2D eigenvalue weighted by atomic mass is 10.1. The minimum absolute atomic E-state index is 0.366. The average molecular weight is 174 g/mol. The molecule has 1 heteroatoms. The zero-order valence-corrected chi connectivity index (χ0v) is 8.09. The monoisotopic (exact) mass is 174 g/mol. The maximum Gasteiger partial charge on any atom is 0.118 e. The molecular weight excluding hydrogens is 160 g/mol. The lowest BCUT2D eigenvalue weighted by Gasteiger charge is -2.01.